The van der Waals surface area contributed by atoms with Crippen LogP contribution in [-0.4, -0.2) is 21.9 Å². The molecule has 7 aromatic rings. The molecule has 4 aromatic carbocycles. The van der Waals surface area contributed by atoms with Gasteiger partial charge >= 0.3 is 12.4 Å². The highest BCUT2D eigenvalue weighted by Crippen LogP contribution is 2.60. The van der Waals surface area contributed by atoms with Crippen molar-refractivity contribution in [3.8, 4) is 28.2 Å². The van der Waals surface area contributed by atoms with Gasteiger partial charge in [-0.15, -0.1) is 0 Å². The van der Waals surface area contributed by atoms with E-state index < -0.39 is 56.2 Å². The van der Waals surface area contributed by atoms with Crippen molar-refractivity contribution in [2.75, 3.05) is 0 Å². The van der Waals surface area contributed by atoms with Crippen molar-refractivity contribution < 1.29 is 40.8 Å². The van der Waals surface area contributed by atoms with Crippen molar-refractivity contribution in [1.82, 2.24) is 9.55 Å². The van der Waals surface area contributed by atoms with Crippen LogP contribution in [0.1, 0.15) is 105 Å². The topological polar surface area (TPSA) is 34.8 Å². The van der Waals surface area contributed by atoms with Gasteiger partial charge in [-0.25, -0.2) is 9.55 Å². The quantitative estimate of drug-likeness (QED) is 0.124. The van der Waals surface area contributed by atoms with Crippen molar-refractivity contribution in [2.45, 2.75) is 97.2 Å². The molecular formula is C47H46F6N3O+. The SMILES string of the molecule is [2H]C([2H])([2H])c1ccc2c(n1)oc1c(-c3n(-c4c(C(C)C)cc(-c5ccc(C6([2H])CCC(C(F)(F)F)(C(F)(F)F)CC6)cc5)cc4C(C)C)c4ccccc4[n+]3C)c(C)ccc12. The predicted octanol–water partition coefficient (Wildman–Crippen LogP) is 13.7. The molecule has 0 radical (unpaired) electrons. The molecule has 0 spiro atoms. The molecule has 0 N–H and O–H groups in total. The van der Waals surface area contributed by atoms with Crippen molar-refractivity contribution >= 4 is 33.1 Å². The first kappa shape index (κ1) is 34.0. The average Bonchev–Trinajstić information content (AvgIpc) is 3.70. The molecule has 0 amide bonds. The van der Waals surface area contributed by atoms with Crippen LogP contribution in [-0.2, 0) is 7.05 Å². The second kappa shape index (κ2) is 13.8. The van der Waals surface area contributed by atoms with Gasteiger partial charge in [0.05, 0.1) is 7.05 Å². The fourth-order valence-corrected chi connectivity index (χ4v) is 8.80. The Bertz CT molecular complexity index is 2780. The Balaban J connectivity index is 1.28. The van der Waals surface area contributed by atoms with Crippen LogP contribution in [0.3, 0.4) is 0 Å². The molecule has 0 saturated heterocycles. The zero-order valence-corrected chi connectivity index (χ0v) is 32.6. The number of para-hydroxylation sites is 2. The molecule has 57 heavy (non-hydrogen) atoms. The Morgan fingerprint density at radius 2 is 1.44 bits per heavy atom. The molecule has 1 fully saturated rings. The maximum absolute atomic E-state index is 13.8. The molecule has 1 saturated carbocycles. The summed E-state index contributed by atoms with van der Waals surface area (Å²) in [6.07, 6.45) is -14.4. The first-order valence-corrected chi connectivity index (χ1v) is 19.2. The molecule has 0 bridgehead atoms. The average molecular weight is 787 g/mol. The second-order valence-corrected chi connectivity index (χ2v) is 16.1. The smallest absolute Gasteiger partial charge is 0.403 e. The van der Waals surface area contributed by atoms with E-state index in [0.717, 1.165) is 61.3 Å². The van der Waals surface area contributed by atoms with E-state index in [0.29, 0.717) is 16.5 Å². The lowest BCUT2D eigenvalue weighted by atomic mass is 9.68. The summed E-state index contributed by atoms with van der Waals surface area (Å²) < 4.78 is 127. The molecule has 0 atom stereocenters. The van der Waals surface area contributed by atoms with Gasteiger partial charge in [0.1, 0.15) is 11.3 Å². The summed E-state index contributed by atoms with van der Waals surface area (Å²) in [7, 11) is 2.01. The minimum atomic E-state index is -5.46. The Hall–Kier alpha value is -5.12. The predicted molar refractivity (Wildman–Crippen MR) is 214 cm³/mol. The fraction of sp³-hybridized carbons (Fsp3) is 0.362. The number of rotatable bonds is 6. The number of imidazole rings is 1. The van der Waals surface area contributed by atoms with Crippen LogP contribution in [0.4, 0.5) is 26.3 Å². The summed E-state index contributed by atoms with van der Waals surface area (Å²) in [4.78, 5) is 4.43. The molecule has 3 heterocycles. The number of aromatic nitrogens is 3. The zero-order chi connectivity index (χ0) is 44.2. The maximum Gasteiger partial charge on any atom is 0.403 e. The molecule has 0 unspecified atom stereocenters. The van der Waals surface area contributed by atoms with Crippen molar-refractivity contribution in [2.24, 2.45) is 12.5 Å². The molecule has 4 nitrogen and oxygen atoms in total. The van der Waals surface area contributed by atoms with Crippen molar-refractivity contribution in [1.29, 1.82) is 0 Å². The normalized spacial score (nSPS) is 17.4. The van der Waals surface area contributed by atoms with E-state index in [1.807, 2.05) is 38.2 Å². The van der Waals surface area contributed by atoms with E-state index in [-0.39, 0.29) is 23.2 Å². The van der Waals surface area contributed by atoms with Crippen LogP contribution in [0.5, 0.6) is 0 Å². The highest BCUT2D eigenvalue weighted by atomic mass is 19.4. The molecule has 1 aliphatic carbocycles. The Morgan fingerprint density at radius 1 is 0.825 bits per heavy atom. The number of nitrogens with zero attached hydrogens (tertiary/aromatic N) is 3. The van der Waals surface area contributed by atoms with Gasteiger partial charge in [0, 0.05) is 33.1 Å². The summed E-state index contributed by atoms with van der Waals surface area (Å²) in [5.41, 5.74) is 5.73. The van der Waals surface area contributed by atoms with Gasteiger partial charge in [-0.05, 0) is 116 Å². The monoisotopic (exact) mass is 786 g/mol. The number of hydrogen-bond donors (Lipinski definition) is 0. The number of halogens is 6. The van der Waals surface area contributed by atoms with E-state index in [1.54, 1.807) is 30.3 Å². The zero-order valence-electron chi connectivity index (χ0n) is 36.6. The van der Waals surface area contributed by atoms with Gasteiger partial charge in [-0.2, -0.15) is 30.9 Å². The highest BCUT2D eigenvalue weighted by molar-refractivity contribution is 6.09. The molecular weight excluding hydrogens is 737 g/mol. The maximum atomic E-state index is 13.8. The van der Waals surface area contributed by atoms with E-state index in [2.05, 4.69) is 66.1 Å². The van der Waals surface area contributed by atoms with Crippen molar-refractivity contribution in [3.63, 3.8) is 0 Å². The highest BCUT2D eigenvalue weighted by Gasteiger charge is 2.70. The third kappa shape index (κ3) is 6.21. The summed E-state index contributed by atoms with van der Waals surface area (Å²) in [5.74, 6) is -0.727. The molecule has 3 aromatic heterocycles. The standard InChI is InChI=1S/C47H46F6N3O/c1-26(2)36-24-33(31-16-14-30(15-17-31)32-20-22-45(23-21-32,46(48,49)50)47(51,52)53)25-37(27(3)4)41(36)56-39-11-9-8-10-38(39)55(7)44(56)40-28(5)12-18-34-35-19-13-29(6)54-43(35)57-42(34)40/h8-19,24-27,32H,20-23H2,1-7H3/q+1/i6D3,32D. The molecule has 0 aliphatic heterocycles. The Morgan fingerprint density at radius 3 is 2.04 bits per heavy atom. The summed E-state index contributed by atoms with van der Waals surface area (Å²) in [5, 5.41) is 1.50. The number of pyridine rings is 1. The molecule has 10 heteroatoms. The second-order valence-electron chi connectivity index (χ2n) is 16.1. The lowest BCUT2D eigenvalue weighted by Crippen LogP contribution is -2.51. The van der Waals surface area contributed by atoms with Crippen molar-refractivity contribution in [3.05, 3.63) is 113 Å². The minimum Gasteiger partial charge on any atom is -0.437 e. The van der Waals surface area contributed by atoms with E-state index >= 15 is 0 Å². The lowest BCUT2D eigenvalue weighted by molar-refractivity contribution is -0.633. The van der Waals surface area contributed by atoms with E-state index in [4.69, 9.17) is 9.90 Å². The van der Waals surface area contributed by atoms with Crippen LogP contribution in [0.25, 0.3) is 61.3 Å². The number of hydrogen-bond acceptors (Lipinski definition) is 2. The van der Waals surface area contributed by atoms with Gasteiger partial charge in [0.25, 0.3) is 5.82 Å². The number of fused-ring (bicyclic) bond motifs is 4. The molecule has 8 rings (SSSR count). The van der Waals surface area contributed by atoms with E-state index in [9.17, 15) is 26.3 Å². The first-order chi connectivity index (χ1) is 28.5. The van der Waals surface area contributed by atoms with Gasteiger partial charge in [0.15, 0.2) is 22.0 Å². The minimum absolute atomic E-state index is 0.0120. The van der Waals surface area contributed by atoms with Gasteiger partial charge in [0.2, 0.25) is 5.71 Å². The van der Waals surface area contributed by atoms with E-state index in [1.165, 1.54) is 6.07 Å². The van der Waals surface area contributed by atoms with Crippen LogP contribution < -0.4 is 4.57 Å². The Labute approximate surface area is 333 Å². The third-order valence-electron chi connectivity index (χ3n) is 12.0. The summed E-state index contributed by atoms with van der Waals surface area (Å²) >= 11 is 0. The van der Waals surface area contributed by atoms with Gasteiger partial charge < -0.3 is 4.42 Å². The lowest BCUT2D eigenvalue weighted by Gasteiger charge is -2.42. The number of alkyl halides is 6. The van der Waals surface area contributed by atoms with Gasteiger partial charge in [-0.3, -0.25) is 0 Å². The number of furan rings is 1. The first-order valence-electron chi connectivity index (χ1n) is 21.2. The van der Waals surface area contributed by atoms with Gasteiger partial charge in [-0.1, -0.05) is 76.2 Å². The molecule has 1 aliphatic rings. The number of aryl methyl sites for hydroxylation is 3. The van der Waals surface area contributed by atoms with Crippen LogP contribution in [0.15, 0.2) is 89.3 Å². The number of benzene rings is 4. The summed E-state index contributed by atoms with van der Waals surface area (Å²) in [6.45, 7) is 8.09. The third-order valence-corrected chi connectivity index (χ3v) is 12.0. The van der Waals surface area contributed by atoms with Crippen LogP contribution in [0, 0.1) is 19.2 Å². The largest absolute Gasteiger partial charge is 0.437 e. The summed E-state index contributed by atoms with van der Waals surface area (Å²) in [6, 6.07) is 26.6. The van der Waals surface area contributed by atoms with Crippen LogP contribution >= 0.6 is 0 Å². The fourth-order valence-electron chi connectivity index (χ4n) is 8.80. The Kier molecular flexibility index (Phi) is 8.21. The molecule has 296 valence electrons. The van der Waals surface area contributed by atoms with Crippen LogP contribution in [0.2, 0.25) is 0 Å².